The molecule has 1 unspecified atom stereocenters. The predicted octanol–water partition coefficient (Wildman–Crippen LogP) is 5.50. The average molecular weight is 713 g/mol. The van der Waals surface area contributed by atoms with E-state index in [2.05, 4.69) is 165 Å². The first-order valence-electron chi connectivity index (χ1n) is 15.5. The Kier molecular flexibility index (Phi) is 15.0. The van der Waals surface area contributed by atoms with Gasteiger partial charge < -0.3 is 24.8 Å². The third-order valence-electron chi connectivity index (χ3n) is 8.00. The van der Waals surface area contributed by atoms with Crippen molar-refractivity contribution in [2.45, 2.75) is 68.2 Å². The molecular formula is C42H46Cl2Zr-2. The molecule has 1 aliphatic carbocycles. The molecule has 0 aliphatic heterocycles. The van der Waals surface area contributed by atoms with E-state index in [9.17, 15) is 0 Å². The molecule has 234 valence electrons. The van der Waals surface area contributed by atoms with Crippen LogP contribution in [0.3, 0.4) is 0 Å². The summed E-state index contributed by atoms with van der Waals surface area (Å²) in [4.78, 5) is 0. The maximum atomic E-state index is 3.40. The van der Waals surface area contributed by atoms with Gasteiger partial charge in [0.2, 0.25) is 0 Å². The maximum absolute atomic E-state index is 3.40. The molecule has 0 nitrogen and oxygen atoms in total. The first-order chi connectivity index (χ1) is 20.4. The second-order valence-corrected chi connectivity index (χ2v) is 14.2. The summed E-state index contributed by atoms with van der Waals surface area (Å²) in [6.07, 6.45) is 10.4. The zero-order chi connectivity index (χ0) is 31.1. The number of hydrogen-bond donors (Lipinski definition) is 0. The van der Waals surface area contributed by atoms with Crippen LogP contribution < -0.4 is 24.8 Å². The Morgan fingerprint density at radius 1 is 0.689 bits per heavy atom. The van der Waals surface area contributed by atoms with Gasteiger partial charge in [0.05, 0.1) is 0 Å². The van der Waals surface area contributed by atoms with E-state index < -0.39 is 0 Å². The summed E-state index contributed by atoms with van der Waals surface area (Å²) in [7, 11) is 0. The summed E-state index contributed by atoms with van der Waals surface area (Å²) >= 11 is 1.46. The largest absolute Gasteiger partial charge is 1.00 e. The number of fused-ring (bicyclic) bond motifs is 3. The third kappa shape index (κ3) is 10.8. The van der Waals surface area contributed by atoms with E-state index in [1.54, 1.807) is 0 Å². The second kappa shape index (κ2) is 17.5. The van der Waals surface area contributed by atoms with Gasteiger partial charge in [0.1, 0.15) is 0 Å². The van der Waals surface area contributed by atoms with Crippen molar-refractivity contribution in [1.29, 1.82) is 0 Å². The minimum atomic E-state index is 0. The summed E-state index contributed by atoms with van der Waals surface area (Å²) in [6, 6.07) is 33.1. The topological polar surface area (TPSA) is 0 Å². The van der Waals surface area contributed by atoms with Gasteiger partial charge in [-0.25, -0.2) is 6.08 Å². The third-order valence-corrected chi connectivity index (χ3v) is 9.41. The number of benzene rings is 4. The molecule has 0 amide bonds. The molecule has 1 atom stereocenters. The van der Waals surface area contributed by atoms with Crippen LogP contribution >= 0.6 is 0 Å². The van der Waals surface area contributed by atoms with Crippen molar-refractivity contribution in [3.8, 4) is 0 Å². The Labute approximate surface area is 299 Å². The van der Waals surface area contributed by atoms with E-state index in [4.69, 9.17) is 0 Å². The number of aryl methyl sites for hydroxylation is 4. The normalized spacial score (nSPS) is 13.6. The van der Waals surface area contributed by atoms with Crippen LogP contribution in [0.2, 0.25) is 0 Å². The van der Waals surface area contributed by atoms with Crippen LogP contribution in [0.1, 0.15) is 73.9 Å². The Balaban J connectivity index is 0.000000233. The fraction of sp³-hybridized carbons (Fsp3) is 0.286. The van der Waals surface area contributed by atoms with Crippen LogP contribution in [0.4, 0.5) is 0 Å². The van der Waals surface area contributed by atoms with Crippen molar-refractivity contribution in [2.24, 2.45) is 11.3 Å². The molecule has 0 heterocycles. The molecule has 45 heavy (non-hydrogen) atoms. The Morgan fingerprint density at radius 3 is 1.49 bits per heavy atom. The molecule has 0 saturated heterocycles. The van der Waals surface area contributed by atoms with E-state index in [1.165, 1.54) is 101 Å². The smallest absolute Gasteiger partial charge is 0.0469 e. The molecule has 0 spiro atoms. The maximum Gasteiger partial charge on any atom is -0.0469 e. The minimum absolute atomic E-state index is 0. The Hall–Kier alpha value is -2.44. The average Bonchev–Trinajstić information content (AvgIpc) is 3.58. The summed E-state index contributed by atoms with van der Waals surface area (Å²) in [6.45, 7) is 17.5. The zero-order valence-corrected chi connectivity index (χ0v) is 32.0. The molecule has 0 bridgehead atoms. The number of rotatable bonds is 4. The van der Waals surface area contributed by atoms with Gasteiger partial charge in [0, 0.05) is 0 Å². The van der Waals surface area contributed by atoms with Crippen molar-refractivity contribution >= 4 is 24.8 Å². The van der Waals surface area contributed by atoms with Gasteiger partial charge in [-0.3, -0.25) is 6.08 Å². The Bertz CT molecular complexity index is 1640. The van der Waals surface area contributed by atoms with Gasteiger partial charge in [-0.15, -0.1) is 39.7 Å². The monoisotopic (exact) mass is 710 g/mol. The van der Waals surface area contributed by atoms with Crippen LogP contribution in [-0.2, 0) is 24.2 Å². The molecule has 5 aromatic carbocycles. The van der Waals surface area contributed by atoms with Crippen LogP contribution in [-0.4, -0.2) is 3.21 Å². The molecule has 3 heteroatoms. The van der Waals surface area contributed by atoms with E-state index in [1.807, 2.05) is 0 Å². The first kappa shape index (κ1) is 38.7. The van der Waals surface area contributed by atoms with Crippen LogP contribution in [0.5, 0.6) is 0 Å². The van der Waals surface area contributed by atoms with Crippen molar-refractivity contribution in [1.82, 2.24) is 0 Å². The summed E-state index contributed by atoms with van der Waals surface area (Å²) in [5.74, 6) is 0.587. The quantitative estimate of drug-likeness (QED) is 0.216. The number of halogens is 2. The van der Waals surface area contributed by atoms with E-state index in [0.717, 1.165) is 0 Å². The molecule has 0 fully saturated rings. The molecule has 5 aromatic rings. The number of hydrogen-bond acceptors (Lipinski definition) is 0. The van der Waals surface area contributed by atoms with Gasteiger partial charge in [-0.1, -0.05) is 87.3 Å². The zero-order valence-electron chi connectivity index (χ0n) is 28.1. The van der Waals surface area contributed by atoms with E-state index in [-0.39, 0.29) is 24.8 Å². The van der Waals surface area contributed by atoms with Crippen molar-refractivity contribution in [3.05, 3.63) is 148 Å². The summed E-state index contributed by atoms with van der Waals surface area (Å²) in [5.41, 5.74) is 9.72. The second-order valence-electron chi connectivity index (χ2n) is 13.0. The molecular weight excluding hydrogens is 667 g/mol. The molecule has 0 aromatic heterocycles. The standard InChI is InChI=1S/C15H13.C15H14.C12H19.2ClH.Zr/c1-10-3-5-14-12(7-10)9-13-8-11(2)4-6-15(13)14;1-12-3-7-14(8-4-12)11-15-9-5-13(2)6-10-15;1-5-6-10-7-8-11(9-10)12(2,3)4;;;/h3-9H,1-2H3;3-10H,1-2H3;8-10H,5-6H2,1-4H3;2*1H;/q-1;;-1;;;+2/p-2. The van der Waals surface area contributed by atoms with Gasteiger partial charge in [-0.2, -0.15) is 11.6 Å². The predicted molar refractivity (Wildman–Crippen MR) is 186 cm³/mol. The van der Waals surface area contributed by atoms with E-state index in [0.29, 0.717) is 11.3 Å². The molecule has 0 N–H and O–H groups in total. The summed E-state index contributed by atoms with van der Waals surface area (Å²) < 4.78 is 1.42. The molecule has 6 rings (SSSR count). The van der Waals surface area contributed by atoms with Gasteiger partial charge in [0.25, 0.3) is 0 Å². The fourth-order valence-electron chi connectivity index (χ4n) is 5.32. The van der Waals surface area contributed by atoms with Crippen molar-refractivity contribution < 1.29 is 49.0 Å². The first-order valence-corrected chi connectivity index (χ1v) is 16.8. The van der Waals surface area contributed by atoms with E-state index >= 15 is 0 Å². The molecule has 1 aliphatic rings. The van der Waals surface area contributed by atoms with Gasteiger partial charge in [-0.05, 0) is 13.8 Å². The SMILES string of the molecule is CCCC1[C-]=CC(C(C)(C)C)=C1.Cc1ccc([C](=[Zr+2])c2ccc(C)cc2)cc1.Cc1ccc2c(c1)[cH-]c1cc(C)ccc12.[Cl-].[Cl-]. The Morgan fingerprint density at radius 2 is 1.11 bits per heavy atom. The van der Waals surface area contributed by atoms with Gasteiger partial charge >= 0.3 is 112 Å². The minimum Gasteiger partial charge on any atom is -1.00 e. The fourth-order valence-corrected chi connectivity index (χ4v) is 6.14. The van der Waals surface area contributed by atoms with Crippen molar-refractivity contribution in [2.75, 3.05) is 0 Å². The van der Waals surface area contributed by atoms with Crippen LogP contribution in [0.15, 0.2) is 109 Å². The molecule has 0 radical (unpaired) electrons. The number of allylic oxidation sites excluding steroid dienone is 4. The van der Waals surface area contributed by atoms with Crippen LogP contribution in [0.25, 0.3) is 21.5 Å². The van der Waals surface area contributed by atoms with Crippen molar-refractivity contribution in [3.63, 3.8) is 0 Å². The summed E-state index contributed by atoms with van der Waals surface area (Å²) in [5, 5.41) is 5.46. The van der Waals surface area contributed by atoms with Crippen LogP contribution in [0, 0.1) is 45.1 Å². The van der Waals surface area contributed by atoms with Gasteiger partial charge in [0.15, 0.2) is 0 Å². The molecule has 0 saturated carbocycles.